The molecule has 0 spiro atoms. The van der Waals surface area contributed by atoms with Crippen LogP contribution in [0.3, 0.4) is 0 Å². The van der Waals surface area contributed by atoms with E-state index in [4.69, 9.17) is 16.7 Å². The van der Waals surface area contributed by atoms with Crippen LogP contribution in [-0.2, 0) is 10.0 Å². The topological polar surface area (TPSA) is 80.5 Å². The number of benzene rings is 1. The van der Waals surface area contributed by atoms with Crippen molar-refractivity contribution in [3.05, 3.63) is 28.5 Å². The zero-order valence-corrected chi connectivity index (χ0v) is 13.6. The predicted octanol–water partition coefficient (Wildman–Crippen LogP) is 2.39. The van der Waals surface area contributed by atoms with E-state index >= 15 is 0 Å². The number of sulfonamides is 1. The second kappa shape index (κ2) is 6.72. The summed E-state index contributed by atoms with van der Waals surface area (Å²) in [7, 11) is -4.27. The minimum atomic E-state index is -4.27. The number of hydrogen-bond acceptors (Lipinski definition) is 3. The molecule has 0 aromatic heterocycles. The molecule has 1 atom stereocenters. The fourth-order valence-electron chi connectivity index (χ4n) is 1.94. The van der Waals surface area contributed by atoms with Crippen LogP contribution in [0.5, 0.6) is 0 Å². The summed E-state index contributed by atoms with van der Waals surface area (Å²) in [5, 5.41) is 4.79. The molecule has 5 nitrogen and oxygen atoms in total. The Morgan fingerprint density at radius 1 is 1.43 bits per heavy atom. The Kier molecular flexibility index (Phi) is 5.72. The Balaban J connectivity index is 3.40. The van der Waals surface area contributed by atoms with Crippen LogP contribution in [0.15, 0.2) is 17.0 Å². The van der Waals surface area contributed by atoms with Crippen molar-refractivity contribution in [2.75, 3.05) is 6.54 Å². The Morgan fingerprint density at radius 2 is 2.00 bits per heavy atom. The predicted molar refractivity (Wildman–Crippen MR) is 79.2 cm³/mol. The molecule has 0 radical (unpaired) electrons. The van der Waals surface area contributed by atoms with Crippen molar-refractivity contribution >= 4 is 27.5 Å². The number of amides is 1. The first-order valence-corrected chi connectivity index (χ1v) is 8.38. The molecular formula is C13H18ClFN2O3S. The van der Waals surface area contributed by atoms with Gasteiger partial charge in [-0.15, -0.1) is 0 Å². The molecule has 0 bridgehead atoms. The van der Waals surface area contributed by atoms with Crippen molar-refractivity contribution in [1.29, 1.82) is 0 Å². The Hall–Kier alpha value is -1.18. The van der Waals surface area contributed by atoms with Crippen molar-refractivity contribution in [2.45, 2.75) is 38.1 Å². The minimum Gasteiger partial charge on any atom is -0.336 e. The van der Waals surface area contributed by atoms with Gasteiger partial charge in [0, 0.05) is 12.6 Å². The average molecular weight is 337 g/mol. The summed E-state index contributed by atoms with van der Waals surface area (Å²) in [6.45, 7) is 6.00. The standard InChI is InChI=1S/C13H18ClFN2O3S/c1-4-8(3)17(5-2)13(18)9-6-12(21(16,19)20)11(15)7-10(9)14/h6-8H,4-5H2,1-3H3,(H2,16,19,20). The van der Waals surface area contributed by atoms with Crippen LogP contribution in [0.4, 0.5) is 4.39 Å². The van der Waals surface area contributed by atoms with Crippen LogP contribution < -0.4 is 5.14 Å². The van der Waals surface area contributed by atoms with Gasteiger partial charge in [0.1, 0.15) is 10.7 Å². The van der Waals surface area contributed by atoms with Gasteiger partial charge in [0.15, 0.2) is 0 Å². The Bertz CT molecular complexity index is 649. The molecule has 21 heavy (non-hydrogen) atoms. The molecule has 0 heterocycles. The third kappa shape index (κ3) is 3.93. The van der Waals surface area contributed by atoms with E-state index in [9.17, 15) is 17.6 Å². The van der Waals surface area contributed by atoms with Crippen molar-refractivity contribution in [1.82, 2.24) is 4.90 Å². The molecular weight excluding hydrogens is 319 g/mol. The van der Waals surface area contributed by atoms with E-state index in [2.05, 4.69) is 0 Å². The van der Waals surface area contributed by atoms with Gasteiger partial charge < -0.3 is 4.90 Å². The molecule has 1 aromatic rings. The summed E-state index contributed by atoms with van der Waals surface area (Å²) in [5.74, 6) is -1.53. The van der Waals surface area contributed by atoms with Gasteiger partial charge in [0.05, 0.1) is 10.6 Å². The van der Waals surface area contributed by atoms with E-state index in [1.165, 1.54) is 4.90 Å². The number of rotatable bonds is 5. The Morgan fingerprint density at radius 3 is 2.43 bits per heavy atom. The molecule has 8 heteroatoms. The highest BCUT2D eigenvalue weighted by Crippen LogP contribution is 2.25. The van der Waals surface area contributed by atoms with Crippen molar-refractivity contribution < 1.29 is 17.6 Å². The lowest BCUT2D eigenvalue weighted by molar-refractivity contribution is 0.0700. The molecule has 1 rings (SSSR count). The van der Waals surface area contributed by atoms with E-state index in [0.717, 1.165) is 18.6 Å². The maximum atomic E-state index is 13.6. The van der Waals surface area contributed by atoms with Gasteiger partial charge in [-0.05, 0) is 32.4 Å². The third-order valence-corrected chi connectivity index (χ3v) is 4.52. The average Bonchev–Trinajstić information content (AvgIpc) is 2.37. The lowest BCUT2D eigenvalue weighted by Gasteiger charge is -2.27. The SMILES string of the molecule is CCC(C)N(CC)C(=O)c1cc(S(N)(=O)=O)c(F)cc1Cl. The lowest BCUT2D eigenvalue weighted by Crippen LogP contribution is -2.38. The first-order valence-electron chi connectivity index (χ1n) is 6.46. The van der Waals surface area contributed by atoms with Crippen molar-refractivity contribution in [3.63, 3.8) is 0 Å². The molecule has 1 unspecified atom stereocenters. The molecule has 118 valence electrons. The molecule has 0 aliphatic carbocycles. The second-order valence-corrected chi connectivity index (χ2v) is 6.59. The molecule has 0 fully saturated rings. The largest absolute Gasteiger partial charge is 0.336 e. The van der Waals surface area contributed by atoms with E-state index < -0.39 is 26.6 Å². The first-order chi connectivity index (χ1) is 9.63. The van der Waals surface area contributed by atoms with Crippen LogP contribution in [0.1, 0.15) is 37.6 Å². The molecule has 0 aliphatic heterocycles. The monoisotopic (exact) mass is 336 g/mol. The summed E-state index contributed by atoms with van der Waals surface area (Å²) in [5.41, 5.74) is -0.0794. The van der Waals surface area contributed by atoms with Gasteiger partial charge >= 0.3 is 0 Å². The zero-order valence-electron chi connectivity index (χ0n) is 12.1. The van der Waals surface area contributed by atoms with Crippen LogP contribution in [0.2, 0.25) is 5.02 Å². The van der Waals surface area contributed by atoms with Crippen molar-refractivity contribution in [2.24, 2.45) is 5.14 Å². The fourth-order valence-corrected chi connectivity index (χ4v) is 2.79. The number of primary sulfonamides is 1. The number of halogens is 2. The number of carbonyl (C=O) groups excluding carboxylic acids is 1. The smallest absolute Gasteiger partial charge is 0.255 e. The molecule has 1 amide bonds. The number of nitrogens with two attached hydrogens (primary N) is 1. The van der Waals surface area contributed by atoms with E-state index in [1.54, 1.807) is 6.92 Å². The quantitative estimate of drug-likeness (QED) is 0.896. The van der Waals surface area contributed by atoms with Gasteiger partial charge in [-0.2, -0.15) is 0 Å². The van der Waals surface area contributed by atoms with Crippen LogP contribution in [0, 0.1) is 5.82 Å². The highest BCUT2D eigenvalue weighted by Gasteiger charge is 2.25. The molecule has 0 aliphatic rings. The van der Waals surface area contributed by atoms with E-state index in [1.807, 2.05) is 13.8 Å². The molecule has 0 saturated heterocycles. The maximum Gasteiger partial charge on any atom is 0.255 e. The van der Waals surface area contributed by atoms with Gasteiger partial charge in [0.25, 0.3) is 5.91 Å². The summed E-state index contributed by atoms with van der Waals surface area (Å²) < 4.78 is 36.3. The minimum absolute atomic E-state index is 0.0541. The zero-order chi connectivity index (χ0) is 16.4. The van der Waals surface area contributed by atoms with E-state index in [-0.39, 0.29) is 16.6 Å². The summed E-state index contributed by atoms with van der Waals surface area (Å²) >= 11 is 5.87. The van der Waals surface area contributed by atoms with Gasteiger partial charge in [-0.1, -0.05) is 18.5 Å². The molecule has 1 aromatic carbocycles. The lowest BCUT2D eigenvalue weighted by atomic mass is 10.1. The number of hydrogen-bond donors (Lipinski definition) is 1. The van der Waals surface area contributed by atoms with Crippen LogP contribution in [0.25, 0.3) is 0 Å². The van der Waals surface area contributed by atoms with Crippen molar-refractivity contribution in [3.8, 4) is 0 Å². The van der Waals surface area contributed by atoms with Gasteiger partial charge in [-0.3, -0.25) is 4.79 Å². The highest BCUT2D eigenvalue weighted by atomic mass is 35.5. The third-order valence-electron chi connectivity index (χ3n) is 3.28. The number of carbonyl (C=O) groups is 1. The van der Waals surface area contributed by atoms with Crippen LogP contribution >= 0.6 is 11.6 Å². The molecule has 0 saturated carbocycles. The summed E-state index contributed by atoms with van der Waals surface area (Å²) in [4.78, 5) is 13.3. The van der Waals surface area contributed by atoms with Gasteiger partial charge in [-0.25, -0.2) is 17.9 Å². The Labute approximate surface area is 128 Å². The second-order valence-electron chi connectivity index (χ2n) is 4.66. The maximum absolute atomic E-state index is 13.6. The summed E-state index contributed by atoms with van der Waals surface area (Å²) in [6, 6.07) is 1.63. The van der Waals surface area contributed by atoms with E-state index in [0.29, 0.717) is 6.54 Å². The first kappa shape index (κ1) is 17.9. The normalized spacial score (nSPS) is 13.0. The fraction of sp³-hybridized carbons (Fsp3) is 0.462. The number of nitrogens with zero attached hydrogens (tertiary/aromatic N) is 1. The highest BCUT2D eigenvalue weighted by molar-refractivity contribution is 7.89. The van der Waals surface area contributed by atoms with Crippen LogP contribution in [-0.4, -0.2) is 31.8 Å². The van der Waals surface area contributed by atoms with Gasteiger partial charge in [0.2, 0.25) is 10.0 Å². The summed E-state index contributed by atoms with van der Waals surface area (Å²) in [6.07, 6.45) is 0.723. The molecule has 2 N–H and O–H groups in total.